The van der Waals surface area contributed by atoms with Gasteiger partial charge in [0, 0.05) is 19.3 Å². The summed E-state index contributed by atoms with van der Waals surface area (Å²) in [4.78, 5) is 38.3. The Labute approximate surface area is 477 Å². The van der Waals surface area contributed by atoms with E-state index in [0.29, 0.717) is 19.3 Å². The first-order valence-electron chi connectivity index (χ1n) is 33.1. The second kappa shape index (κ2) is 65.1. The highest BCUT2D eigenvalue weighted by atomic mass is 16.6. The van der Waals surface area contributed by atoms with Gasteiger partial charge in [-0.3, -0.25) is 14.4 Å². The van der Waals surface area contributed by atoms with Crippen LogP contribution >= 0.6 is 0 Å². The molecule has 0 saturated heterocycles. The molecule has 0 radical (unpaired) electrons. The summed E-state index contributed by atoms with van der Waals surface area (Å²) in [6.07, 6.45) is 86.1. The van der Waals surface area contributed by atoms with Crippen molar-refractivity contribution in [1.82, 2.24) is 0 Å². The molecule has 0 heterocycles. The van der Waals surface area contributed by atoms with E-state index in [1.807, 2.05) is 0 Å². The van der Waals surface area contributed by atoms with Gasteiger partial charge in [-0.25, -0.2) is 0 Å². The van der Waals surface area contributed by atoms with Gasteiger partial charge in [0.25, 0.3) is 0 Å². The summed E-state index contributed by atoms with van der Waals surface area (Å²) in [6.45, 7) is 6.50. The molecule has 77 heavy (non-hydrogen) atoms. The van der Waals surface area contributed by atoms with Crippen LogP contribution in [-0.4, -0.2) is 37.2 Å². The number of hydrogen-bond acceptors (Lipinski definition) is 6. The smallest absolute Gasteiger partial charge is 0.306 e. The molecule has 0 fully saturated rings. The van der Waals surface area contributed by atoms with Gasteiger partial charge >= 0.3 is 17.9 Å². The van der Waals surface area contributed by atoms with Crippen molar-refractivity contribution in [2.45, 2.75) is 335 Å². The normalized spacial score (nSPS) is 12.6. The molecule has 6 nitrogen and oxygen atoms in total. The van der Waals surface area contributed by atoms with Gasteiger partial charge in [0.15, 0.2) is 6.10 Å². The fraction of sp³-hybridized carbons (Fsp3) is 0.761. The molecule has 0 rings (SSSR count). The van der Waals surface area contributed by atoms with E-state index in [2.05, 4.69) is 106 Å². The summed E-state index contributed by atoms with van der Waals surface area (Å²) in [5.74, 6) is -0.909. The molecule has 1 atom stereocenters. The van der Waals surface area contributed by atoms with Crippen LogP contribution in [0.25, 0.3) is 0 Å². The lowest BCUT2D eigenvalue weighted by Crippen LogP contribution is -2.30. The maximum atomic E-state index is 12.9. The number of hydrogen-bond donors (Lipinski definition) is 0. The van der Waals surface area contributed by atoms with E-state index >= 15 is 0 Å². The molecule has 0 aromatic heterocycles. The first-order valence-corrected chi connectivity index (χ1v) is 33.1. The van der Waals surface area contributed by atoms with Gasteiger partial charge in [-0.2, -0.15) is 0 Å². The quantitative estimate of drug-likeness (QED) is 0.0261. The molecule has 6 heteroatoms. The summed E-state index contributed by atoms with van der Waals surface area (Å²) >= 11 is 0. The summed E-state index contributed by atoms with van der Waals surface area (Å²) in [5, 5.41) is 0. The van der Waals surface area contributed by atoms with Crippen molar-refractivity contribution in [3.63, 3.8) is 0 Å². The molecular formula is C71H124O6. The largest absolute Gasteiger partial charge is 0.462 e. The van der Waals surface area contributed by atoms with E-state index in [9.17, 15) is 14.4 Å². The molecule has 444 valence electrons. The molecule has 0 aliphatic rings. The first kappa shape index (κ1) is 73.6. The van der Waals surface area contributed by atoms with Crippen molar-refractivity contribution in [3.8, 4) is 0 Å². The highest BCUT2D eigenvalue weighted by molar-refractivity contribution is 5.71. The third-order valence-electron chi connectivity index (χ3n) is 14.4. The maximum Gasteiger partial charge on any atom is 0.306 e. The maximum absolute atomic E-state index is 12.9. The predicted octanol–water partition coefficient (Wildman–Crippen LogP) is 22.7. The van der Waals surface area contributed by atoms with Crippen LogP contribution in [0.1, 0.15) is 329 Å². The minimum absolute atomic E-state index is 0.0872. The SMILES string of the molecule is CC/C=C\C/C=C\C/C=C\C/C=C\C/C=C\C/C=C\CCCCCCC(=O)OC(COC(=O)CCCCCCC/C=C\CCCC)COC(=O)CCCCCCCCCCCCCCCCCCCCCCCCCCC. The fourth-order valence-electron chi connectivity index (χ4n) is 9.43. The summed E-state index contributed by atoms with van der Waals surface area (Å²) < 4.78 is 16.9. The van der Waals surface area contributed by atoms with Crippen molar-refractivity contribution in [2.75, 3.05) is 13.2 Å². The van der Waals surface area contributed by atoms with Gasteiger partial charge in [-0.15, -0.1) is 0 Å². The Morgan fingerprint density at radius 3 is 0.844 bits per heavy atom. The third kappa shape index (κ3) is 63.3. The van der Waals surface area contributed by atoms with Crippen LogP contribution in [0.2, 0.25) is 0 Å². The van der Waals surface area contributed by atoms with E-state index in [-0.39, 0.29) is 31.1 Å². The van der Waals surface area contributed by atoms with Crippen LogP contribution in [0.5, 0.6) is 0 Å². The molecule has 0 spiro atoms. The number of allylic oxidation sites excluding steroid dienone is 14. The van der Waals surface area contributed by atoms with Crippen molar-refractivity contribution < 1.29 is 28.6 Å². The first-order chi connectivity index (χ1) is 38.0. The van der Waals surface area contributed by atoms with E-state index < -0.39 is 6.10 Å². The minimum atomic E-state index is -0.794. The van der Waals surface area contributed by atoms with E-state index in [1.165, 1.54) is 173 Å². The van der Waals surface area contributed by atoms with Gasteiger partial charge in [-0.1, -0.05) is 305 Å². The Bertz CT molecular complexity index is 1470. The average Bonchev–Trinajstić information content (AvgIpc) is 3.43. The zero-order valence-corrected chi connectivity index (χ0v) is 51.0. The Morgan fingerprint density at radius 1 is 0.273 bits per heavy atom. The van der Waals surface area contributed by atoms with Crippen LogP contribution < -0.4 is 0 Å². The van der Waals surface area contributed by atoms with Gasteiger partial charge in [0.1, 0.15) is 13.2 Å². The molecule has 0 aliphatic carbocycles. The lowest BCUT2D eigenvalue weighted by Gasteiger charge is -2.18. The van der Waals surface area contributed by atoms with Gasteiger partial charge in [0.05, 0.1) is 0 Å². The molecule has 0 aromatic carbocycles. The van der Waals surface area contributed by atoms with E-state index in [0.717, 1.165) is 116 Å². The van der Waals surface area contributed by atoms with Crippen molar-refractivity contribution in [3.05, 3.63) is 85.1 Å². The van der Waals surface area contributed by atoms with Gasteiger partial charge < -0.3 is 14.2 Å². The van der Waals surface area contributed by atoms with Gasteiger partial charge in [0.2, 0.25) is 0 Å². The fourth-order valence-corrected chi connectivity index (χ4v) is 9.43. The Kier molecular flexibility index (Phi) is 62.2. The molecule has 0 amide bonds. The van der Waals surface area contributed by atoms with Crippen LogP contribution in [-0.2, 0) is 28.6 Å². The lowest BCUT2D eigenvalue weighted by atomic mass is 10.0. The minimum Gasteiger partial charge on any atom is -0.462 e. The molecule has 0 bridgehead atoms. The molecule has 0 aromatic rings. The third-order valence-corrected chi connectivity index (χ3v) is 14.4. The number of carbonyl (C=O) groups is 3. The summed E-state index contributed by atoms with van der Waals surface area (Å²) in [5.41, 5.74) is 0. The number of rotatable bonds is 60. The standard InChI is InChI=1S/C71H124O6/c1-4-7-10-13-16-19-22-24-26-28-30-32-34-35-37-38-40-42-44-46-49-52-55-58-61-64-70(73)76-67-68(66-75-69(72)63-60-57-54-51-48-21-18-15-12-9-6-3)77-71(74)65-62-59-56-53-50-47-45-43-41-39-36-33-31-29-27-25-23-20-17-14-11-8-5-2/h8,11,15,17-18,20,25,27,31,33,39,41,45,47,68H,4-7,9-10,12-14,16,19,21-24,26,28-30,32,34-38,40,42-44,46,48-67H2,1-3H3/b11-8-,18-15-,20-17-,27-25-,33-31-,41-39-,47-45-. The topological polar surface area (TPSA) is 78.9 Å². The zero-order chi connectivity index (χ0) is 55.7. The van der Waals surface area contributed by atoms with Crippen LogP contribution in [0.4, 0.5) is 0 Å². The molecule has 0 N–H and O–H groups in total. The predicted molar refractivity (Wildman–Crippen MR) is 334 cm³/mol. The van der Waals surface area contributed by atoms with Crippen LogP contribution in [0.15, 0.2) is 85.1 Å². The summed E-state index contributed by atoms with van der Waals surface area (Å²) in [6, 6.07) is 0. The number of ether oxygens (including phenoxy) is 3. The molecule has 0 aliphatic heterocycles. The highest BCUT2D eigenvalue weighted by Gasteiger charge is 2.19. The second-order valence-electron chi connectivity index (χ2n) is 22.0. The lowest BCUT2D eigenvalue weighted by molar-refractivity contribution is -0.167. The number of esters is 3. The molecular weight excluding hydrogens is 949 g/mol. The molecule has 0 saturated carbocycles. The van der Waals surface area contributed by atoms with Gasteiger partial charge in [-0.05, 0) is 89.9 Å². The van der Waals surface area contributed by atoms with E-state index in [1.54, 1.807) is 0 Å². The van der Waals surface area contributed by atoms with E-state index in [4.69, 9.17) is 14.2 Å². The number of carbonyl (C=O) groups excluding carboxylic acids is 3. The Balaban J connectivity index is 4.29. The van der Waals surface area contributed by atoms with Crippen molar-refractivity contribution in [2.24, 2.45) is 0 Å². The van der Waals surface area contributed by atoms with Crippen LogP contribution in [0.3, 0.4) is 0 Å². The monoisotopic (exact) mass is 1070 g/mol. The summed E-state index contributed by atoms with van der Waals surface area (Å²) in [7, 11) is 0. The average molecular weight is 1070 g/mol. The zero-order valence-electron chi connectivity index (χ0n) is 51.0. The molecule has 1 unspecified atom stereocenters. The number of unbranched alkanes of at least 4 members (excludes halogenated alkanes) is 35. The van der Waals surface area contributed by atoms with Crippen LogP contribution in [0, 0.1) is 0 Å². The highest BCUT2D eigenvalue weighted by Crippen LogP contribution is 2.17. The second-order valence-corrected chi connectivity index (χ2v) is 22.0. The Hall–Kier alpha value is -3.41. The van der Waals surface area contributed by atoms with Crippen molar-refractivity contribution in [1.29, 1.82) is 0 Å². The van der Waals surface area contributed by atoms with Crippen molar-refractivity contribution >= 4 is 17.9 Å². The Morgan fingerprint density at radius 2 is 0.519 bits per heavy atom.